The molecule has 0 amide bonds. The van der Waals surface area contributed by atoms with E-state index >= 15 is 0 Å². The fourth-order valence-corrected chi connectivity index (χ4v) is 4.14. The van der Waals surface area contributed by atoms with Crippen molar-refractivity contribution in [1.82, 2.24) is 19.9 Å². The summed E-state index contributed by atoms with van der Waals surface area (Å²) in [6.45, 7) is 0.226. The van der Waals surface area contributed by atoms with Crippen LogP contribution in [0.5, 0.6) is 11.9 Å². The number of ether oxygens (including phenoxy) is 2. The molecule has 184 valence electrons. The van der Waals surface area contributed by atoms with Crippen molar-refractivity contribution in [1.29, 1.82) is 0 Å². The van der Waals surface area contributed by atoms with E-state index in [1.54, 1.807) is 48.8 Å². The van der Waals surface area contributed by atoms with Crippen molar-refractivity contribution < 1.29 is 17.9 Å². The first-order valence-electron chi connectivity index (χ1n) is 10.5. The van der Waals surface area contributed by atoms with Crippen LogP contribution in [-0.2, 0) is 10.0 Å². The van der Waals surface area contributed by atoms with Crippen LogP contribution in [0, 0.1) is 0 Å². The topological polar surface area (TPSA) is 116 Å². The van der Waals surface area contributed by atoms with Crippen molar-refractivity contribution in [3.63, 3.8) is 0 Å². The van der Waals surface area contributed by atoms with E-state index in [0.29, 0.717) is 16.1 Å². The Labute approximate surface area is 221 Å². The van der Waals surface area contributed by atoms with E-state index in [1.807, 2.05) is 18.2 Å². The standard InChI is InChI=1S/C24H19BrClN5O4S/c25-19-14-27-24(28-15-19)35-12-11-34-23-21(18-6-8-20(26)9-7-18)22(29-16-30-23)31-36(32,33)13-10-17-4-2-1-3-5-17/h1-10,13-16H,11-12H2,(H,29,30,31)/b13-10-. The molecule has 0 bridgehead atoms. The molecule has 12 heteroatoms. The maximum absolute atomic E-state index is 12.8. The fourth-order valence-electron chi connectivity index (χ4n) is 2.98. The van der Waals surface area contributed by atoms with E-state index in [-0.39, 0.29) is 30.9 Å². The Hall–Kier alpha value is -3.54. The zero-order chi connectivity index (χ0) is 25.4. The summed E-state index contributed by atoms with van der Waals surface area (Å²) in [5.74, 6) is 0.217. The van der Waals surface area contributed by atoms with E-state index < -0.39 is 10.0 Å². The summed E-state index contributed by atoms with van der Waals surface area (Å²) in [5, 5.41) is 1.59. The highest BCUT2D eigenvalue weighted by molar-refractivity contribution is 9.10. The van der Waals surface area contributed by atoms with E-state index in [9.17, 15) is 8.42 Å². The number of anilines is 1. The average Bonchev–Trinajstić information content (AvgIpc) is 2.88. The van der Waals surface area contributed by atoms with Gasteiger partial charge in [-0.15, -0.1) is 0 Å². The third-order valence-corrected chi connectivity index (χ3v) is 6.21. The zero-order valence-corrected chi connectivity index (χ0v) is 21.7. The molecule has 0 saturated heterocycles. The van der Waals surface area contributed by atoms with Crippen molar-refractivity contribution in [3.8, 4) is 23.0 Å². The summed E-state index contributed by atoms with van der Waals surface area (Å²) in [6, 6.07) is 16.1. The average molecular weight is 589 g/mol. The minimum Gasteiger partial charge on any atom is -0.473 e. The molecule has 0 spiro atoms. The lowest BCUT2D eigenvalue weighted by Crippen LogP contribution is -2.14. The smallest absolute Gasteiger partial charge is 0.316 e. The largest absolute Gasteiger partial charge is 0.473 e. The molecule has 0 aliphatic carbocycles. The summed E-state index contributed by atoms with van der Waals surface area (Å²) in [6.07, 6.45) is 5.84. The van der Waals surface area contributed by atoms with Crippen molar-refractivity contribution in [2.45, 2.75) is 0 Å². The van der Waals surface area contributed by atoms with E-state index in [4.69, 9.17) is 21.1 Å². The maximum atomic E-state index is 12.8. The predicted molar refractivity (Wildman–Crippen MR) is 141 cm³/mol. The lowest BCUT2D eigenvalue weighted by atomic mass is 10.1. The second kappa shape index (κ2) is 11.9. The first-order valence-corrected chi connectivity index (χ1v) is 13.2. The Morgan fingerprint density at radius 1 is 0.917 bits per heavy atom. The van der Waals surface area contributed by atoms with Gasteiger partial charge in [-0.05, 0) is 45.3 Å². The molecule has 0 radical (unpaired) electrons. The SMILES string of the molecule is O=S(=O)(/C=C\c1ccccc1)Nc1ncnc(OCCOc2ncc(Br)cn2)c1-c1ccc(Cl)cc1. The molecule has 4 aromatic rings. The van der Waals surface area contributed by atoms with Gasteiger partial charge in [0.1, 0.15) is 19.5 Å². The number of halogens is 2. The van der Waals surface area contributed by atoms with Crippen molar-refractivity contribution >= 4 is 49.4 Å². The Morgan fingerprint density at radius 2 is 1.61 bits per heavy atom. The van der Waals surface area contributed by atoms with Crippen LogP contribution < -0.4 is 14.2 Å². The second-order valence-electron chi connectivity index (χ2n) is 7.15. The van der Waals surface area contributed by atoms with Crippen LogP contribution in [0.3, 0.4) is 0 Å². The molecule has 9 nitrogen and oxygen atoms in total. The van der Waals surface area contributed by atoms with Crippen molar-refractivity contribution in [3.05, 3.63) is 93.8 Å². The molecule has 36 heavy (non-hydrogen) atoms. The molecule has 0 saturated carbocycles. The normalized spacial score (nSPS) is 11.4. The third kappa shape index (κ3) is 7.23. The van der Waals surface area contributed by atoms with Crippen LogP contribution in [0.15, 0.2) is 83.2 Å². The highest BCUT2D eigenvalue weighted by atomic mass is 79.9. The number of nitrogens with one attached hydrogen (secondary N) is 1. The van der Waals surface area contributed by atoms with Gasteiger partial charge in [0, 0.05) is 17.4 Å². The molecule has 2 aromatic heterocycles. The third-order valence-electron chi connectivity index (χ3n) is 4.57. The van der Waals surface area contributed by atoms with E-state index in [1.165, 1.54) is 12.4 Å². The van der Waals surface area contributed by atoms with Gasteiger partial charge in [-0.3, -0.25) is 4.72 Å². The molecule has 1 N–H and O–H groups in total. The Bertz CT molecular complexity index is 1440. The lowest BCUT2D eigenvalue weighted by Gasteiger charge is -2.15. The number of hydrogen-bond donors (Lipinski definition) is 1. The van der Waals surface area contributed by atoms with Gasteiger partial charge in [0.15, 0.2) is 5.82 Å². The van der Waals surface area contributed by atoms with Gasteiger partial charge in [0.25, 0.3) is 10.0 Å². The predicted octanol–water partition coefficient (Wildman–Crippen LogP) is 5.22. The maximum Gasteiger partial charge on any atom is 0.316 e. The van der Waals surface area contributed by atoms with Crippen molar-refractivity contribution in [2.24, 2.45) is 0 Å². The number of rotatable bonds is 10. The molecule has 4 rings (SSSR count). The van der Waals surface area contributed by atoms with Gasteiger partial charge in [0.2, 0.25) is 5.88 Å². The van der Waals surface area contributed by atoms with Crippen LogP contribution in [-0.4, -0.2) is 41.6 Å². The molecule has 0 aliphatic rings. The summed E-state index contributed by atoms with van der Waals surface area (Å²) in [5.41, 5.74) is 1.70. The number of benzene rings is 2. The van der Waals surface area contributed by atoms with Gasteiger partial charge in [-0.1, -0.05) is 54.1 Å². The fraction of sp³-hybridized carbons (Fsp3) is 0.0833. The second-order valence-corrected chi connectivity index (χ2v) is 10.1. The first-order chi connectivity index (χ1) is 17.4. The number of sulfonamides is 1. The number of nitrogens with zero attached hydrogens (tertiary/aromatic N) is 4. The summed E-state index contributed by atoms with van der Waals surface area (Å²) < 4.78 is 40.1. The Kier molecular flexibility index (Phi) is 8.47. The van der Waals surface area contributed by atoms with Gasteiger partial charge < -0.3 is 9.47 Å². The van der Waals surface area contributed by atoms with Crippen molar-refractivity contribution in [2.75, 3.05) is 17.9 Å². The minimum atomic E-state index is -3.90. The van der Waals surface area contributed by atoms with Crippen LogP contribution >= 0.6 is 27.5 Å². The summed E-state index contributed by atoms with van der Waals surface area (Å²) in [4.78, 5) is 16.4. The van der Waals surface area contributed by atoms with Crippen LogP contribution in [0.1, 0.15) is 5.56 Å². The lowest BCUT2D eigenvalue weighted by molar-refractivity contribution is 0.202. The monoisotopic (exact) mass is 587 g/mol. The van der Waals surface area contributed by atoms with Gasteiger partial charge in [-0.25, -0.2) is 28.4 Å². The molecule has 2 aromatic carbocycles. The number of aromatic nitrogens is 4. The highest BCUT2D eigenvalue weighted by Crippen LogP contribution is 2.35. The van der Waals surface area contributed by atoms with Crippen LogP contribution in [0.4, 0.5) is 5.82 Å². The molecule has 0 atom stereocenters. The van der Waals surface area contributed by atoms with E-state index in [2.05, 4.69) is 40.6 Å². The highest BCUT2D eigenvalue weighted by Gasteiger charge is 2.19. The van der Waals surface area contributed by atoms with Gasteiger partial charge in [-0.2, -0.15) is 0 Å². The van der Waals surface area contributed by atoms with Gasteiger partial charge >= 0.3 is 6.01 Å². The Morgan fingerprint density at radius 3 is 2.33 bits per heavy atom. The van der Waals surface area contributed by atoms with Crippen LogP contribution in [0.2, 0.25) is 5.02 Å². The Balaban J connectivity index is 1.56. The molecule has 2 heterocycles. The molecule has 0 unspecified atom stereocenters. The van der Waals surface area contributed by atoms with E-state index in [0.717, 1.165) is 15.4 Å². The van der Waals surface area contributed by atoms with Crippen LogP contribution in [0.25, 0.3) is 17.2 Å². The first kappa shape index (κ1) is 25.5. The molecule has 0 aliphatic heterocycles. The number of hydrogen-bond acceptors (Lipinski definition) is 8. The molecule has 0 fully saturated rings. The zero-order valence-electron chi connectivity index (χ0n) is 18.6. The molecular formula is C24H19BrClN5O4S. The molecular weight excluding hydrogens is 570 g/mol. The summed E-state index contributed by atoms with van der Waals surface area (Å²) in [7, 11) is -3.90. The quantitative estimate of drug-likeness (QED) is 0.251. The minimum absolute atomic E-state index is 0.0530. The summed E-state index contributed by atoms with van der Waals surface area (Å²) >= 11 is 9.30. The van der Waals surface area contributed by atoms with Gasteiger partial charge in [0.05, 0.1) is 15.4 Å².